The van der Waals surface area contributed by atoms with Gasteiger partial charge in [-0.25, -0.2) is 9.59 Å². The van der Waals surface area contributed by atoms with Crippen molar-refractivity contribution in [3.63, 3.8) is 0 Å². The van der Waals surface area contributed by atoms with Crippen LogP contribution in [-0.4, -0.2) is 52.1 Å². The summed E-state index contributed by atoms with van der Waals surface area (Å²) in [5.74, 6) is -4.67. The molecule has 9 heteroatoms. The van der Waals surface area contributed by atoms with Crippen LogP contribution in [0, 0.1) is 12.8 Å². The smallest absolute Gasteiger partial charge is 0.473 e. The van der Waals surface area contributed by atoms with E-state index in [0.29, 0.717) is 6.42 Å². The molecule has 2 N–H and O–H groups in total. The number of hydrogen-bond acceptors (Lipinski definition) is 6. The van der Waals surface area contributed by atoms with Crippen LogP contribution in [0.25, 0.3) is 0 Å². The average Bonchev–Trinajstić information content (AvgIpc) is 2.96. The van der Waals surface area contributed by atoms with Crippen LogP contribution < -0.4 is 0 Å². The van der Waals surface area contributed by atoms with Gasteiger partial charge in [0.15, 0.2) is 0 Å². The minimum absolute atomic E-state index is 0.114. The molecule has 4 rings (SSSR count). The topological polar surface area (TPSA) is 110 Å². The largest absolute Gasteiger partial charge is 0.481 e. The molecule has 2 aromatic rings. The second kappa shape index (κ2) is 9.77. The van der Waals surface area contributed by atoms with E-state index in [1.165, 1.54) is 0 Å². The van der Waals surface area contributed by atoms with Crippen LogP contribution in [0.15, 0.2) is 52.3 Å². The molecule has 180 valence electrons. The van der Waals surface area contributed by atoms with Crippen LogP contribution in [0.1, 0.15) is 42.6 Å². The third-order valence-corrected chi connectivity index (χ3v) is 7.83. The number of fused-ring (bicyclic) bond motifs is 2. The molecule has 2 aliphatic heterocycles. The highest BCUT2D eigenvalue weighted by Crippen LogP contribution is 2.44. The molecule has 1 fully saturated rings. The summed E-state index contributed by atoms with van der Waals surface area (Å²) in [4.78, 5) is 42.8. The molecule has 2 aromatic carbocycles. The first-order chi connectivity index (χ1) is 16.2. The lowest BCUT2D eigenvalue weighted by Gasteiger charge is -2.44. The van der Waals surface area contributed by atoms with E-state index in [9.17, 15) is 19.5 Å². The van der Waals surface area contributed by atoms with Gasteiger partial charge in [-0.2, -0.15) is 0 Å². The van der Waals surface area contributed by atoms with Crippen molar-refractivity contribution >= 4 is 29.7 Å². The van der Waals surface area contributed by atoms with E-state index in [1.54, 1.807) is 18.7 Å². The fourth-order valence-corrected chi connectivity index (χ4v) is 5.85. The van der Waals surface area contributed by atoms with Crippen molar-refractivity contribution in [3.05, 3.63) is 59.2 Å². The van der Waals surface area contributed by atoms with Crippen molar-refractivity contribution in [3.8, 4) is 0 Å². The Labute approximate surface area is 202 Å². The van der Waals surface area contributed by atoms with Gasteiger partial charge in [-0.05, 0) is 37.1 Å². The van der Waals surface area contributed by atoms with E-state index >= 15 is 0 Å². The van der Waals surface area contributed by atoms with Gasteiger partial charge in [0.1, 0.15) is 13.1 Å². The van der Waals surface area contributed by atoms with Gasteiger partial charge >= 0.3 is 17.9 Å². The number of ether oxygens (including phenoxy) is 1. The molecule has 0 aromatic heterocycles. The molecule has 2 aliphatic rings. The number of nitrogens with zero attached hydrogens (tertiary/aromatic N) is 1. The Morgan fingerprint density at radius 3 is 2.59 bits per heavy atom. The third kappa shape index (κ3) is 4.82. The first-order valence-electron chi connectivity index (χ1n) is 11.3. The fourth-order valence-electron chi connectivity index (χ4n) is 4.74. The lowest BCUT2D eigenvalue weighted by atomic mass is 9.94. The summed E-state index contributed by atoms with van der Waals surface area (Å²) < 4.78 is 6.26. The van der Waals surface area contributed by atoms with Crippen molar-refractivity contribution in [2.75, 3.05) is 13.1 Å². The first-order valence-corrected chi connectivity index (χ1v) is 12.1. The van der Waals surface area contributed by atoms with Crippen LogP contribution in [-0.2, 0) is 30.4 Å². The second-order valence-electron chi connectivity index (χ2n) is 8.77. The Morgan fingerprint density at radius 2 is 1.88 bits per heavy atom. The summed E-state index contributed by atoms with van der Waals surface area (Å²) in [7, 11) is 0. The van der Waals surface area contributed by atoms with Crippen LogP contribution in [0.2, 0.25) is 0 Å². The van der Waals surface area contributed by atoms with Gasteiger partial charge in [-0.1, -0.05) is 47.7 Å². The van der Waals surface area contributed by atoms with E-state index < -0.39 is 36.2 Å². The normalized spacial score (nSPS) is 26.0. The number of piperidine rings is 1. The van der Waals surface area contributed by atoms with Gasteiger partial charge < -0.3 is 14.9 Å². The molecule has 2 heterocycles. The molecule has 0 amide bonds. The summed E-state index contributed by atoms with van der Waals surface area (Å²) in [6.45, 7) is 4.23. The molecule has 0 bridgehead atoms. The quantitative estimate of drug-likeness (QED) is 0.483. The van der Waals surface area contributed by atoms with E-state index in [2.05, 4.69) is 18.2 Å². The molecule has 4 unspecified atom stereocenters. The highest BCUT2D eigenvalue weighted by atomic mass is 32.2. The Balaban J connectivity index is 1.73. The summed E-state index contributed by atoms with van der Waals surface area (Å²) in [5.41, 5.74) is 3.22. The number of likely N-dealkylation sites (tertiary alicyclic amines) is 1. The molecule has 34 heavy (non-hydrogen) atoms. The number of hydroxylamine groups is 3. The monoisotopic (exact) mass is 486 g/mol. The Kier molecular flexibility index (Phi) is 6.97. The van der Waals surface area contributed by atoms with Crippen molar-refractivity contribution in [2.24, 2.45) is 5.92 Å². The van der Waals surface area contributed by atoms with E-state index in [-0.39, 0.29) is 30.6 Å². The van der Waals surface area contributed by atoms with Gasteiger partial charge in [0.2, 0.25) is 6.23 Å². The van der Waals surface area contributed by atoms with Crippen molar-refractivity contribution in [2.45, 2.75) is 55.2 Å². The lowest BCUT2D eigenvalue weighted by molar-refractivity contribution is -1.12. The number of benzene rings is 2. The van der Waals surface area contributed by atoms with Gasteiger partial charge in [0.05, 0.1) is 12.0 Å². The number of aryl methyl sites for hydroxylation is 1. The Hall–Kier alpha value is -2.88. The van der Waals surface area contributed by atoms with Crippen LogP contribution >= 0.6 is 11.8 Å². The van der Waals surface area contributed by atoms with Gasteiger partial charge in [0.25, 0.3) is 0 Å². The molecular weight excluding hydrogens is 458 g/mol. The number of carbonyl (C=O) groups excluding carboxylic acids is 1. The molecule has 0 aliphatic carbocycles. The minimum Gasteiger partial charge on any atom is -0.481 e. The van der Waals surface area contributed by atoms with Crippen molar-refractivity contribution in [1.82, 2.24) is 0 Å². The van der Waals surface area contributed by atoms with Crippen LogP contribution in [0.4, 0.5) is 0 Å². The molecule has 0 saturated carbocycles. The lowest BCUT2D eigenvalue weighted by Crippen LogP contribution is -2.62. The predicted molar refractivity (Wildman–Crippen MR) is 123 cm³/mol. The molecular formula is C25H28NO7S+. The number of hydrogen-bond donors (Lipinski definition) is 2. The zero-order chi connectivity index (χ0) is 24.5. The molecule has 0 radical (unpaired) electrons. The number of carbonyl (C=O) groups is 3. The van der Waals surface area contributed by atoms with Gasteiger partial charge in [-0.3, -0.25) is 9.63 Å². The van der Waals surface area contributed by atoms with Crippen molar-refractivity contribution in [1.29, 1.82) is 0 Å². The number of carboxylic acids is 2. The fraction of sp³-hybridized carbons (Fsp3) is 0.400. The molecule has 4 atom stereocenters. The molecule has 1 saturated heterocycles. The zero-order valence-electron chi connectivity index (χ0n) is 19.1. The van der Waals surface area contributed by atoms with Gasteiger partial charge in [-0.15, -0.1) is 4.65 Å². The number of aliphatic carboxylic acids is 2. The number of rotatable bonds is 5. The summed E-state index contributed by atoms with van der Waals surface area (Å²) in [5, 5.41) is 18.8. The van der Waals surface area contributed by atoms with E-state index in [0.717, 1.165) is 26.5 Å². The van der Waals surface area contributed by atoms with Crippen molar-refractivity contribution < 1.29 is 38.8 Å². The number of carboxylic acid groups (broad SMARTS) is 2. The highest BCUT2D eigenvalue weighted by Gasteiger charge is 2.50. The maximum Gasteiger partial charge on any atom is 0.473 e. The SMILES string of the molecule is CC[N+]1(OC(=O)C(=O)O)CCC(C(=O)O)CC1OC1Cc2cc(C)ccc2Sc2ccccc21. The Morgan fingerprint density at radius 1 is 1.12 bits per heavy atom. The predicted octanol–water partition coefficient (Wildman–Crippen LogP) is 3.96. The first kappa shape index (κ1) is 24.3. The zero-order valence-corrected chi connectivity index (χ0v) is 19.9. The highest BCUT2D eigenvalue weighted by molar-refractivity contribution is 7.99. The standard InChI is InChI=1S/C25H27NO7S/c1-3-26(33-25(31)24(29)30)11-10-16(23(27)28)14-22(26)32-19-13-17-12-15(2)8-9-20(17)34-21-7-5-4-6-18(19)21/h4-9,12,16,19,22H,3,10-11,13-14H2,1-2H3,(H-,27,28,29,30)/p+1. The second-order valence-corrected chi connectivity index (χ2v) is 9.85. The third-order valence-electron chi connectivity index (χ3n) is 6.62. The Bertz CT molecular complexity index is 1120. The average molecular weight is 487 g/mol. The molecule has 8 nitrogen and oxygen atoms in total. The van der Waals surface area contributed by atoms with E-state index in [4.69, 9.17) is 14.7 Å². The maximum absolute atomic E-state index is 12.1. The number of quaternary nitrogens is 1. The summed E-state index contributed by atoms with van der Waals surface area (Å²) in [6.07, 6.45) is -0.307. The summed E-state index contributed by atoms with van der Waals surface area (Å²) in [6, 6.07) is 14.2. The van der Waals surface area contributed by atoms with Gasteiger partial charge in [0, 0.05) is 29.1 Å². The maximum atomic E-state index is 12.1. The molecule has 0 spiro atoms. The summed E-state index contributed by atoms with van der Waals surface area (Å²) >= 11 is 1.66. The van der Waals surface area contributed by atoms with Crippen LogP contribution in [0.5, 0.6) is 0 Å². The minimum atomic E-state index is -1.69. The van der Waals surface area contributed by atoms with Crippen LogP contribution in [0.3, 0.4) is 0 Å². The van der Waals surface area contributed by atoms with E-state index in [1.807, 2.05) is 31.2 Å².